The molecule has 1 aliphatic carbocycles. The van der Waals surface area contributed by atoms with E-state index in [0.717, 1.165) is 29.7 Å². The number of fused-ring (bicyclic) bond motifs is 1. The number of carbonyl (C=O) groups is 3. The highest BCUT2D eigenvalue weighted by molar-refractivity contribution is 5.74. The molecule has 0 aromatic heterocycles. The number of esters is 3. The van der Waals surface area contributed by atoms with Crippen LogP contribution in [0.3, 0.4) is 0 Å². The average molecular weight is 514 g/mol. The summed E-state index contributed by atoms with van der Waals surface area (Å²) in [6, 6.07) is 2.01. The van der Waals surface area contributed by atoms with Crippen molar-refractivity contribution >= 4 is 17.9 Å². The Morgan fingerprint density at radius 2 is 1.86 bits per heavy atom. The molecule has 2 heterocycles. The molecule has 0 bridgehead atoms. The smallest absolute Gasteiger partial charge is 0.308 e. The monoisotopic (exact) mass is 513 g/mol. The molecule has 0 radical (unpaired) electrons. The van der Waals surface area contributed by atoms with Gasteiger partial charge in [-0.2, -0.15) is 0 Å². The summed E-state index contributed by atoms with van der Waals surface area (Å²) in [5.41, 5.74) is 1.86. The summed E-state index contributed by atoms with van der Waals surface area (Å²) in [5, 5.41) is 0. The summed E-state index contributed by atoms with van der Waals surface area (Å²) >= 11 is 0. The standard InChI is InChI=1S/C29H39NO7/c1-16-20(9-12-24(33)37-28(5,6)7)15-23(35-19(4)32)26-25(16)29-13-14-30(8)17(2)21(29)10-11-22(27(29)36-26)34-18(3)31/h10-11,15,17,21-22,27H,9,12-14H2,1-8H3/t17-,21?,22+,27+,29+/m1/s1. The molecule has 0 N–H and O–H groups in total. The number of hydrogen-bond donors (Lipinski definition) is 0. The van der Waals surface area contributed by atoms with E-state index >= 15 is 0 Å². The highest BCUT2D eigenvalue weighted by Gasteiger charge is 2.62. The SMILES string of the molecule is CC(=O)Oc1cc(CCC(=O)OC(C)(C)C)c(C)c2c1O[C@H]1[C@@H](OC(C)=O)C=CC3[C@@H](C)N(C)CC[C@@]231. The van der Waals surface area contributed by atoms with Crippen LogP contribution < -0.4 is 9.47 Å². The zero-order valence-electron chi connectivity index (χ0n) is 23.2. The molecule has 5 atom stereocenters. The van der Waals surface area contributed by atoms with Gasteiger partial charge in [0.25, 0.3) is 0 Å². The predicted octanol–water partition coefficient (Wildman–Crippen LogP) is 4.04. The lowest BCUT2D eigenvalue weighted by atomic mass is 9.57. The van der Waals surface area contributed by atoms with Gasteiger partial charge in [0.2, 0.25) is 0 Å². The molecule has 37 heavy (non-hydrogen) atoms. The van der Waals surface area contributed by atoms with Crippen molar-refractivity contribution in [2.45, 2.75) is 97.0 Å². The van der Waals surface area contributed by atoms with Crippen LogP contribution in [0.25, 0.3) is 0 Å². The second kappa shape index (κ2) is 9.78. The Bertz CT molecular complexity index is 1130. The van der Waals surface area contributed by atoms with E-state index in [0.29, 0.717) is 17.9 Å². The van der Waals surface area contributed by atoms with Crippen LogP contribution in [-0.2, 0) is 35.7 Å². The number of aryl methyl sites for hydroxylation is 1. The molecule has 1 aromatic rings. The molecule has 1 aromatic carbocycles. The number of hydrogen-bond acceptors (Lipinski definition) is 8. The van der Waals surface area contributed by atoms with Gasteiger partial charge >= 0.3 is 17.9 Å². The van der Waals surface area contributed by atoms with Crippen LogP contribution in [0, 0.1) is 12.8 Å². The lowest BCUT2D eigenvalue weighted by Crippen LogP contribution is -2.62. The van der Waals surface area contributed by atoms with E-state index < -0.39 is 29.2 Å². The molecular formula is C29H39NO7. The summed E-state index contributed by atoms with van der Waals surface area (Å²) in [6.45, 7) is 13.4. The number of ether oxygens (including phenoxy) is 4. The van der Waals surface area contributed by atoms with Crippen LogP contribution in [0.5, 0.6) is 11.5 Å². The average Bonchev–Trinajstić information content (AvgIpc) is 3.12. The molecule has 3 aliphatic rings. The highest BCUT2D eigenvalue weighted by atomic mass is 16.6. The molecule has 2 aliphatic heterocycles. The van der Waals surface area contributed by atoms with Crippen molar-refractivity contribution in [2.24, 2.45) is 5.92 Å². The minimum Gasteiger partial charge on any atom is -0.481 e. The Morgan fingerprint density at radius 3 is 2.49 bits per heavy atom. The van der Waals surface area contributed by atoms with Gasteiger partial charge in [-0.1, -0.05) is 6.08 Å². The van der Waals surface area contributed by atoms with Crippen molar-refractivity contribution in [2.75, 3.05) is 13.6 Å². The molecule has 4 rings (SSSR count). The van der Waals surface area contributed by atoms with E-state index in [1.54, 1.807) is 6.07 Å². The van der Waals surface area contributed by atoms with E-state index in [-0.39, 0.29) is 30.3 Å². The first kappa shape index (κ1) is 27.2. The van der Waals surface area contributed by atoms with Crippen LogP contribution >= 0.6 is 0 Å². The first-order valence-corrected chi connectivity index (χ1v) is 13.0. The third-order valence-corrected chi connectivity index (χ3v) is 7.90. The molecule has 0 saturated carbocycles. The molecule has 1 fully saturated rings. The van der Waals surface area contributed by atoms with Gasteiger partial charge in [-0.05, 0) is 84.3 Å². The van der Waals surface area contributed by atoms with Gasteiger partial charge in [-0.15, -0.1) is 0 Å². The summed E-state index contributed by atoms with van der Waals surface area (Å²) < 4.78 is 23.5. The molecule has 8 heteroatoms. The van der Waals surface area contributed by atoms with Crippen molar-refractivity contribution < 1.29 is 33.3 Å². The Balaban J connectivity index is 1.84. The van der Waals surface area contributed by atoms with Crippen molar-refractivity contribution in [3.63, 3.8) is 0 Å². The molecular weight excluding hydrogens is 474 g/mol. The topological polar surface area (TPSA) is 91.4 Å². The summed E-state index contributed by atoms with van der Waals surface area (Å²) in [6.07, 6.45) is 4.49. The van der Waals surface area contributed by atoms with Crippen LogP contribution in [-0.4, -0.2) is 60.3 Å². The van der Waals surface area contributed by atoms with Crippen molar-refractivity contribution in [3.05, 3.63) is 34.9 Å². The first-order chi connectivity index (χ1) is 17.2. The largest absolute Gasteiger partial charge is 0.481 e. The van der Waals surface area contributed by atoms with Crippen LogP contribution in [0.15, 0.2) is 18.2 Å². The summed E-state index contributed by atoms with van der Waals surface area (Å²) in [5.74, 6) is -0.157. The second-order valence-electron chi connectivity index (χ2n) is 11.6. The van der Waals surface area contributed by atoms with E-state index in [1.807, 2.05) is 33.8 Å². The molecule has 8 nitrogen and oxygen atoms in total. The van der Waals surface area contributed by atoms with Crippen molar-refractivity contribution in [1.29, 1.82) is 0 Å². The fourth-order valence-corrected chi connectivity index (χ4v) is 6.33. The van der Waals surface area contributed by atoms with Crippen molar-refractivity contribution in [3.8, 4) is 11.5 Å². The number of nitrogens with zero attached hydrogens (tertiary/aromatic N) is 1. The van der Waals surface area contributed by atoms with Gasteiger partial charge in [-0.3, -0.25) is 14.4 Å². The molecule has 0 amide bonds. The summed E-state index contributed by atoms with van der Waals surface area (Å²) in [7, 11) is 2.11. The minimum atomic E-state index is -0.565. The Hall–Kier alpha value is -2.87. The molecule has 202 valence electrons. The summed E-state index contributed by atoms with van der Waals surface area (Å²) in [4.78, 5) is 38.9. The van der Waals surface area contributed by atoms with Crippen LogP contribution in [0.1, 0.15) is 71.1 Å². The van der Waals surface area contributed by atoms with Gasteiger partial charge in [0.05, 0.1) is 0 Å². The van der Waals surface area contributed by atoms with Gasteiger partial charge in [0.15, 0.2) is 17.6 Å². The number of carbonyl (C=O) groups excluding carboxylic acids is 3. The Labute approximate surface area is 219 Å². The fraction of sp³-hybridized carbons (Fsp3) is 0.621. The minimum absolute atomic E-state index is 0.0919. The quantitative estimate of drug-likeness (QED) is 0.331. The number of rotatable bonds is 5. The predicted molar refractivity (Wildman–Crippen MR) is 138 cm³/mol. The zero-order chi connectivity index (χ0) is 27.3. The second-order valence-corrected chi connectivity index (χ2v) is 11.6. The lowest BCUT2D eigenvalue weighted by Gasteiger charge is -2.53. The van der Waals surface area contributed by atoms with E-state index in [4.69, 9.17) is 18.9 Å². The maximum absolute atomic E-state index is 12.5. The fourth-order valence-electron chi connectivity index (χ4n) is 6.33. The van der Waals surface area contributed by atoms with Gasteiger partial charge in [-0.25, -0.2) is 0 Å². The first-order valence-electron chi connectivity index (χ1n) is 13.0. The maximum Gasteiger partial charge on any atom is 0.308 e. The van der Waals surface area contributed by atoms with Gasteiger partial charge < -0.3 is 23.8 Å². The molecule has 1 unspecified atom stereocenters. The van der Waals surface area contributed by atoms with E-state index in [2.05, 4.69) is 24.9 Å². The van der Waals surface area contributed by atoms with Gasteiger partial charge in [0.1, 0.15) is 11.7 Å². The zero-order valence-corrected chi connectivity index (χ0v) is 23.2. The molecule has 1 saturated heterocycles. The number of benzene rings is 1. The van der Waals surface area contributed by atoms with E-state index in [1.165, 1.54) is 13.8 Å². The highest BCUT2D eigenvalue weighted by Crippen LogP contribution is 2.60. The number of piperidine rings is 1. The number of likely N-dealkylation sites (tertiary alicyclic amines) is 1. The van der Waals surface area contributed by atoms with Gasteiger partial charge in [0, 0.05) is 43.2 Å². The maximum atomic E-state index is 12.5. The third kappa shape index (κ3) is 5.00. The normalized spacial score (nSPS) is 28.4. The van der Waals surface area contributed by atoms with Crippen LogP contribution in [0.4, 0.5) is 0 Å². The van der Waals surface area contributed by atoms with Crippen LogP contribution in [0.2, 0.25) is 0 Å². The lowest BCUT2D eigenvalue weighted by molar-refractivity contribution is -0.155. The molecule has 1 spiro atoms. The van der Waals surface area contributed by atoms with E-state index in [9.17, 15) is 14.4 Å². The van der Waals surface area contributed by atoms with Crippen molar-refractivity contribution in [1.82, 2.24) is 4.90 Å². The Morgan fingerprint density at radius 1 is 1.16 bits per heavy atom. The third-order valence-electron chi connectivity index (χ3n) is 7.90. The Kier molecular flexibility index (Phi) is 7.18.